The molecule has 1 atom stereocenters. The molecular formula is C24H30Br2. The number of hydrogen-bond acceptors (Lipinski definition) is 0. The summed E-state index contributed by atoms with van der Waals surface area (Å²) >= 11 is 7.48. The average molecular weight is 478 g/mol. The summed E-state index contributed by atoms with van der Waals surface area (Å²) in [5, 5.41) is 1.84. The molecule has 0 heterocycles. The van der Waals surface area contributed by atoms with Crippen molar-refractivity contribution in [3.63, 3.8) is 0 Å². The van der Waals surface area contributed by atoms with E-state index in [-0.39, 0.29) is 5.41 Å². The van der Waals surface area contributed by atoms with Crippen molar-refractivity contribution in [2.45, 2.75) is 74.9 Å². The highest BCUT2D eigenvalue weighted by molar-refractivity contribution is 9.08. The van der Waals surface area contributed by atoms with Gasteiger partial charge in [0.1, 0.15) is 0 Å². The topological polar surface area (TPSA) is 0 Å². The highest BCUT2D eigenvalue weighted by atomic mass is 79.9. The Morgan fingerprint density at radius 3 is 2.19 bits per heavy atom. The van der Waals surface area contributed by atoms with Gasteiger partial charge in [-0.15, -0.1) is 0 Å². The van der Waals surface area contributed by atoms with Crippen LogP contribution in [0.15, 0.2) is 36.4 Å². The number of fused-ring (bicyclic) bond motifs is 3. The molecule has 3 rings (SSSR count). The molecule has 0 amide bonds. The van der Waals surface area contributed by atoms with Gasteiger partial charge in [0, 0.05) is 16.1 Å². The molecule has 2 aromatic carbocycles. The molecule has 0 saturated carbocycles. The van der Waals surface area contributed by atoms with Crippen LogP contribution < -0.4 is 0 Å². The highest BCUT2D eigenvalue weighted by Crippen LogP contribution is 2.54. The van der Waals surface area contributed by atoms with Crippen LogP contribution in [0, 0.1) is 0 Å². The van der Waals surface area contributed by atoms with Crippen LogP contribution in [-0.4, -0.2) is 0 Å². The molecule has 0 N–H and O–H groups in total. The van der Waals surface area contributed by atoms with Crippen LogP contribution in [0.1, 0.15) is 81.0 Å². The van der Waals surface area contributed by atoms with Gasteiger partial charge in [0.15, 0.2) is 0 Å². The van der Waals surface area contributed by atoms with Gasteiger partial charge >= 0.3 is 0 Å². The Balaban J connectivity index is 1.96. The average Bonchev–Trinajstić information content (AvgIpc) is 2.94. The van der Waals surface area contributed by atoms with Crippen molar-refractivity contribution in [3.8, 4) is 11.1 Å². The van der Waals surface area contributed by atoms with E-state index in [1.807, 2.05) is 0 Å². The molecule has 1 unspecified atom stereocenters. The number of benzene rings is 2. The van der Waals surface area contributed by atoms with Crippen molar-refractivity contribution in [2.24, 2.45) is 0 Å². The van der Waals surface area contributed by atoms with Crippen LogP contribution >= 0.6 is 31.9 Å². The van der Waals surface area contributed by atoms with Crippen LogP contribution in [0.25, 0.3) is 11.1 Å². The van der Waals surface area contributed by atoms with Gasteiger partial charge in [0.2, 0.25) is 0 Å². The van der Waals surface area contributed by atoms with E-state index in [4.69, 9.17) is 0 Å². The lowest BCUT2D eigenvalue weighted by Gasteiger charge is -2.29. The van der Waals surface area contributed by atoms with Crippen LogP contribution in [0.5, 0.6) is 0 Å². The van der Waals surface area contributed by atoms with Crippen LogP contribution in [0.3, 0.4) is 0 Å². The fourth-order valence-corrected chi connectivity index (χ4v) is 5.62. The van der Waals surface area contributed by atoms with Crippen molar-refractivity contribution < 1.29 is 0 Å². The minimum Gasteiger partial charge on any atom is -0.0876 e. The zero-order chi connectivity index (χ0) is 18.6. The molecule has 0 nitrogen and oxygen atoms in total. The first-order valence-corrected chi connectivity index (χ1v) is 12.3. The summed E-state index contributed by atoms with van der Waals surface area (Å²) in [6.45, 7) is 4.77. The Morgan fingerprint density at radius 2 is 1.46 bits per heavy atom. The van der Waals surface area contributed by atoms with Gasteiger partial charge in [-0.25, -0.2) is 0 Å². The molecule has 1 aliphatic carbocycles. The molecule has 26 heavy (non-hydrogen) atoms. The summed E-state index contributed by atoms with van der Waals surface area (Å²) in [6.07, 6.45) is 9.39. The third-order valence-electron chi connectivity index (χ3n) is 6.04. The van der Waals surface area contributed by atoms with Crippen LogP contribution in [-0.2, 0) is 16.1 Å². The van der Waals surface area contributed by atoms with Crippen molar-refractivity contribution in [2.75, 3.05) is 0 Å². The van der Waals surface area contributed by atoms with E-state index in [2.05, 4.69) is 82.1 Å². The molecular weight excluding hydrogens is 448 g/mol. The summed E-state index contributed by atoms with van der Waals surface area (Å²) in [5.74, 6) is 0. The third kappa shape index (κ3) is 3.69. The largest absolute Gasteiger partial charge is 0.0876 e. The van der Waals surface area contributed by atoms with Gasteiger partial charge in [-0.05, 0) is 39.8 Å². The first kappa shape index (κ1) is 20.1. The van der Waals surface area contributed by atoms with E-state index in [0.717, 1.165) is 10.7 Å². The molecule has 0 saturated heterocycles. The summed E-state index contributed by atoms with van der Waals surface area (Å²) < 4.78 is 0. The van der Waals surface area contributed by atoms with E-state index in [1.165, 1.54) is 72.8 Å². The predicted molar refractivity (Wildman–Crippen MR) is 122 cm³/mol. The van der Waals surface area contributed by atoms with Gasteiger partial charge in [-0.2, -0.15) is 0 Å². The van der Waals surface area contributed by atoms with Crippen LogP contribution in [0.4, 0.5) is 0 Å². The smallest absolute Gasteiger partial charge is 0.0289 e. The lowest BCUT2D eigenvalue weighted by Crippen LogP contribution is -2.22. The molecule has 1 aliphatic rings. The zero-order valence-corrected chi connectivity index (χ0v) is 19.3. The summed E-state index contributed by atoms with van der Waals surface area (Å²) in [6, 6.07) is 13.7. The number of rotatable bonds is 9. The van der Waals surface area contributed by atoms with E-state index in [1.54, 1.807) is 5.56 Å². The quantitative estimate of drug-likeness (QED) is 0.250. The minimum atomic E-state index is 0.137. The highest BCUT2D eigenvalue weighted by Gasteiger charge is 2.41. The minimum absolute atomic E-state index is 0.137. The SMILES string of the molecule is CCCCCCCCC1(C)c2ccccc2-c2c(CBr)ccc(CBr)c21. The lowest BCUT2D eigenvalue weighted by atomic mass is 9.74. The second-order valence-corrected chi connectivity index (χ2v) is 8.92. The Hall–Kier alpha value is -0.600. The molecule has 0 aliphatic heterocycles. The lowest BCUT2D eigenvalue weighted by molar-refractivity contribution is 0.479. The predicted octanol–water partition coefficient (Wildman–Crippen LogP) is 8.51. The maximum absolute atomic E-state index is 3.75. The third-order valence-corrected chi connectivity index (χ3v) is 7.25. The van der Waals surface area contributed by atoms with Gasteiger partial charge < -0.3 is 0 Å². The number of alkyl halides is 2. The maximum Gasteiger partial charge on any atom is 0.0289 e. The molecule has 2 aromatic rings. The van der Waals surface area contributed by atoms with Crippen molar-refractivity contribution in [1.29, 1.82) is 0 Å². The van der Waals surface area contributed by atoms with Gasteiger partial charge in [-0.3, -0.25) is 0 Å². The van der Waals surface area contributed by atoms with Crippen molar-refractivity contribution in [3.05, 3.63) is 58.7 Å². The number of unbranched alkanes of at least 4 members (excludes halogenated alkanes) is 5. The molecule has 0 fully saturated rings. The Bertz CT molecular complexity index is 750. The standard InChI is InChI=1S/C24H30Br2/c1-3-4-5-6-7-10-15-24(2)21-12-9-8-11-20(21)22-18(16-25)13-14-19(17-26)23(22)24/h8-9,11-14H,3-7,10,15-17H2,1-2H3. The monoisotopic (exact) mass is 476 g/mol. The van der Waals surface area contributed by atoms with Gasteiger partial charge in [0.05, 0.1) is 0 Å². The summed E-state index contributed by atoms with van der Waals surface area (Å²) in [5.41, 5.74) is 9.05. The normalized spacial score (nSPS) is 18.0. The van der Waals surface area contributed by atoms with Gasteiger partial charge in [0.25, 0.3) is 0 Å². The summed E-state index contributed by atoms with van der Waals surface area (Å²) in [7, 11) is 0. The fraction of sp³-hybridized carbons (Fsp3) is 0.500. The number of hydrogen-bond donors (Lipinski definition) is 0. The van der Waals surface area contributed by atoms with E-state index >= 15 is 0 Å². The fourth-order valence-electron chi connectivity index (χ4n) is 4.69. The molecule has 0 radical (unpaired) electrons. The Morgan fingerprint density at radius 1 is 0.808 bits per heavy atom. The maximum atomic E-state index is 3.75. The van der Waals surface area contributed by atoms with Crippen LogP contribution in [0.2, 0.25) is 0 Å². The Labute approximate surface area is 176 Å². The summed E-state index contributed by atoms with van der Waals surface area (Å²) in [4.78, 5) is 0. The molecule has 0 aromatic heterocycles. The Kier molecular flexibility index (Phi) is 7.02. The van der Waals surface area contributed by atoms with E-state index in [9.17, 15) is 0 Å². The number of halogens is 2. The first-order chi connectivity index (χ1) is 12.7. The first-order valence-electron chi connectivity index (χ1n) is 10.0. The van der Waals surface area contributed by atoms with Crippen molar-refractivity contribution >= 4 is 31.9 Å². The molecule has 140 valence electrons. The molecule has 2 heteroatoms. The van der Waals surface area contributed by atoms with Crippen molar-refractivity contribution in [1.82, 2.24) is 0 Å². The van der Waals surface area contributed by atoms with E-state index < -0.39 is 0 Å². The second-order valence-electron chi connectivity index (χ2n) is 7.80. The second kappa shape index (κ2) is 9.06. The zero-order valence-electron chi connectivity index (χ0n) is 16.1. The molecule has 0 bridgehead atoms. The molecule has 0 spiro atoms. The van der Waals surface area contributed by atoms with Gasteiger partial charge in [-0.1, -0.05) is 121 Å². The van der Waals surface area contributed by atoms with E-state index in [0.29, 0.717) is 0 Å².